The SMILES string of the molecule is CCCCCCCCCCCCCCCC[N+]1(C)CCN(SN2CC[N+](C)(CCCCCCCCCCCCCCCC)CC2)CC1. The normalized spacial score (nSPS) is 18.6. The Hall–Kier alpha value is 0.190. The van der Waals surface area contributed by atoms with Crippen LogP contribution in [0.25, 0.3) is 0 Å². The van der Waals surface area contributed by atoms with Gasteiger partial charge in [0, 0.05) is 12.1 Å². The Balaban J connectivity index is 1.38. The minimum Gasteiger partial charge on any atom is -0.324 e. The van der Waals surface area contributed by atoms with E-state index in [2.05, 4.69) is 48.7 Å². The van der Waals surface area contributed by atoms with E-state index in [1.165, 1.54) is 254 Å². The van der Waals surface area contributed by atoms with Crippen LogP contribution in [0.4, 0.5) is 0 Å². The molecule has 0 unspecified atom stereocenters. The monoisotopic (exact) mass is 681 g/mol. The van der Waals surface area contributed by atoms with E-state index >= 15 is 0 Å². The summed E-state index contributed by atoms with van der Waals surface area (Å²) in [6, 6.07) is 0. The molecule has 280 valence electrons. The second-order valence-electron chi connectivity index (χ2n) is 16.7. The van der Waals surface area contributed by atoms with Gasteiger partial charge in [0.2, 0.25) is 0 Å². The third-order valence-electron chi connectivity index (χ3n) is 11.9. The highest BCUT2D eigenvalue weighted by atomic mass is 32.2. The molecular formula is C42H88N4S+2. The van der Waals surface area contributed by atoms with Crippen molar-refractivity contribution >= 4 is 12.1 Å². The van der Waals surface area contributed by atoms with Crippen molar-refractivity contribution in [2.24, 2.45) is 0 Å². The van der Waals surface area contributed by atoms with Crippen LogP contribution in [0.15, 0.2) is 0 Å². The summed E-state index contributed by atoms with van der Waals surface area (Å²) in [6.07, 6.45) is 40.8. The first-order valence-electron chi connectivity index (χ1n) is 21.8. The quantitative estimate of drug-likeness (QED) is 0.0397. The molecule has 0 atom stereocenters. The molecule has 0 bridgehead atoms. The molecule has 4 nitrogen and oxygen atoms in total. The van der Waals surface area contributed by atoms with Gasteiger partial charge in [0.05, 0.1) is 79.5 Å². The van der Waals surface area contributed by atoms with Gasteiger partial charge in [-0.3, -0.25) is 0 Å². The lowest BCUT2D eigenvalue weighted by Crippen LogP contribution is -2.58. The highest BCUT2D eigenvalue weighted by Crippen LogP contribution is 2.25. The molecule has 47 heavy (non-hydrogen) atoms. The van der Waals surface area contributed by atoms with Gasteiger partial charge in [-0.25, -0.2) is 8.61 Å². The number of quaternary nitrogens is 2. The first-order chi connectivity index (χ1) is 23.0. The van der Waals surface area contributed by atoms with Crippen LogP contribution in [0.1, 0.15) is 194 Å². The van der Waals surface area contributed by atoms with Gasteiger partial charge in [0.25, 0.3) is 0 Å². The summed E-state index contributed by atoms with van der Waals surface area (Å²) in [5, 5.41) is 0. The van der Waals surface area contributed by atoms with Crippen molar-refractivity contribution in [3.8, 4) is 0 Å². The Morgan fingerprint density at radius 2 is 0.553 bits per heavy atom. The molecule has 2 heterocycles. The zero-order chi connectivity index (χ0) is 33.7. The van der Waals surface area contributed by atoms with Crippen LogP contribution >= 0.6 is 12.1 Å². The van der Waals surface area contributed by atoms with Gasteiger partial charge in [-0.2, -0.15) is 0 Å². The molecule has 2 aliphatic heterocycles. The van der Waals surface area contributed by atoms with Crippen molar-refractivity contribution in [3.63, 3.8) is 0 Å². The van der Waals surface area contributed by atoms with Crippen molar-refractivity contribution in [1.82, 2.24) is 8.61 Å². The Labute approximate surface area is 302 Å². The number of hydrogen-bond acceptors (Lipinski definition) is 3. The summed E-state index contributed by atoms with van der Waals surface area (Å²) < 4.78 is 8.00. The number of piperazine rings is 2. The highest BCUT2D eigenvalue weighted by molar-refractivity contribution is 7.94. The smallest absolute Gasteiger partial charge is 0.0924 e. The van der Waals surface area contributed by atoms with Crippen LogP contribution in [0, 0.1) is 0 Å². The van der Waals surface area contributed by atoms with E-state index in [9.17, 15) is 0 Å². The molecular weight excluding hydrogens is 593 g/mol. The first-order valence-corrected chi connectivity index (χ1v) is 22.6. The van der Waals surface area contributed by atoms with Crippen LogP contribution in [0.2, 0.25) is 0 Å². The van der Waals surface area contributed by atoms with Crippen LogP contribution in [-0.4, -0.2) is 97.1 Å². The van der Waals surface area contributed by atoms with Crippen molar-refractivity contribution in [2.45, 2.75) is 194 Å². The lowest BCUT2D eigenvalue weighted by Gasteiger charge is -2.45. The summed E-state index contributed by atoms with van der Waals surface area (Å²) in [4.78, 5) is 0. The molecule has 5 heteroatoms. The van der Waals surface area contributed by atoms with E-state index < -0.39 is 0 Å². The molecule has 2 fully saturated rings. The van der Waals surface area contributed by atoms with Gasteiger partial charge < -0.3 is 8.97 Å². The summed E-state index contributed by atoms with van der Waals surface area (Å²) >= 11 is 2.09. The topological polar surface area (TPSA) is 6.48 Å². The maximum absolute atomic E-state index is 2.69. The Morgan fingerprint density at radius 3 is 0.787 bits per heavy atom. The Kier molecular flexibility index (Phi) is 26.6. The maximum Gasteiger partial charge on any atom is 0.0924 e. The van der Waals surface area contributed by atoms with Crippen LogP contribution in [0.3, 0.4) is 0 Å². The predicted molar refractivity (Wildman–Crippen MR) is 213 cm³/mol. The second-order valence-corrected chi connectivity index (χ2v) is 17.9. The van der Waals surface area contributed by atoms with Crippen LogP contribution in [-0.2, 0) is 0 Å². The Morgan fingerprint density at radius 1 is 0.340 bits per heavy atom. The fraction of sp³-hybridized carbons (Fsp3) is 1.00. The molecule has 0 amide bonds. The van der Waals surface area contributed by atoms with Gasteiger partial charge in [0.1, 0.15) is 0 Å². The van der Waals surface area contributed by atoms with Gasteiger partial charge in [-0.1, -0.05) is 168 Å². The predicted octanol–water partition coefficient (Wildman–Crippen LogP) is 12.0. The van der Waals surface area contributed by atoms with E-state index in [-0.39, 0.29) is 0 Å². The average molecular weight is 681 g/mol. The van der Waals surface area contributed by atoms with Crippen molar-refractivity contribution in [1.29, 1.82) is 0 Å². The fourth-order valence-corrected chi connectivity index (χ4v) is 8.99. The van der Waals surface area contributed by atoms with Crippen LogP contribution in [0.5, 0.6) is 0 Å². The number of hydrogen-bond donors (Lipinski definition) is 0. The number of nitrogens with zero attached hydrogens (tertiary/aromatic N) is 4. The van der Waals surface area contributed by atoms with Gasteiger partial charge in [0.15, 0.2) is 0 Å². The van der Waals surface area contributed by atoms with E-state index in [0.29, 0.717) is 0 Å². The van der Waals surface area contributed by atoms with E-state index in [1.54, 1.807) is 0 Å². The lowest BCUT2D eigenvalue weighted by atomic mass is 10.0. The molecule has 2 rings (SSSR count). The molecule has 2 saturated heterocycles. The summed E-state index contributed by atoms with van der Waals surface area (Å²) in [6.45, 7) is 17.8. The third kappa shape index (κ3) is 23.3. The molecule has 0 aromatic carbocycles. The third-order valence-corrected chi connectivity index (χ3v) is 13.1. The molecule has 0 aromatic heterocycles. The number of likely N-dealkylation sites (N-methyl/N-ethyl adjacent to an activating group) is 2. The molecule has 0 radical (unpaired) electrons. The number of rotatable bonds is 32. The van der Waals surface area contributed by atoms with Crippen molar-refractivity contribution < 1.29 is 8.97 Å². The highest BCUT2D eigenvalue weighted by Gasteiger charge is 2.33. The molecule has 2 aliphatic rings. The molecule has 0 saturated carbocycles. The standard InChI is InChI=1S/C42H88N4S/c1-5-7-9-11-13-15-17-19-21-23-25-27-29-31-37-45(3)39-33-43(34-40-45)47-44-35-41-46(4,42-36-44)38-32-30-28-26-24-22-20-18-16-14-12-10-8-6-2/h5-42H2,1-4H3/q+2. The van der Waals surface area contributed by atoms with Crippen LogP contribution < -0.4 is 0 Å². The van der Waals surface area contributed by atoms with Gasteiger partial charge in [-0.05, 0) is 25.7 Å². The summed E-state index contributed by atoms with van der Waals surface area (Å²) in [5.74, 6) is 0. The van der Waals surface area contributed by atoms with E-state index in [1.807, 2.05) is 0 Å². The van der Waals surface area contributed by atoms with Crippen molar-refractivity contribution in [3.05, 3.63) is 0 Å². The Bertz CT molecular complexity index is 616. The zero-order valence-corrected chi connectivity index (χ0v) is 33.9. The van der Waals surface area contributed by atoms with E-state index in [4.69, 9.17) is 0 Å². The maximum atomic E-state index is 2.69. The number of unbranched alkanes of at least 4 members (excludes halogenated alkanes) is 26. The molecule has 0 aromatic rings. The van der Waals surface area contributed by atoms with Gasteiger partial charge >= 0.3 is 0 Å². The van der Waals surface area contributed by atoms with Crippen molar-refractivity contribution in [2.75, 3.05) is 79.5 Å². The summed E-state index contributed by atoms with van der Waals surface area (Å²) in [7, 11) is 5.07. The fourth-order valence-electron chi connectivity index (χ4n) is 8.01. The molecule has 0 N–H and O–H groups in total. The minimum atomic E-state index is 1.27. The molecule has 0 aliphatic carbocycles. The minimum absolute atomic E-state index is 1.27. The van der Waals surface area contributed by atoms with E-state index in [0.717, 1.165) is 0 Å². The lowest BCUT2D eigenvalue weighted by molar-refractivity contribution is -0.913. The second kappa shape index (κ2) is 28.8. The summed E-state index contributed by atoms with van der Waals surface area (Å²) in [5.41, 5.74) is 0. The molecule has 0 spiro atoms. The average Bonchev–Trinajstić information content (AvgIpc) is 3.07. The largest absolute Gasteiger partial charge is 0.324 e. The first kappa shape index (κ1) is 43.4. The van der Waals surface area contributed by atoms with Gasteiger partial charge in [-0.15, -0.1) is 0 Å². The zero-order valence-electron chi connectivity index (χ0n) is 33.1.